The molecule has 1 unspecified atom stereocenters. The number of pyridine rings is 1. The molecule has 1 aromatic heterocycles. The van der Waals surface area contributed by atoms with E-state index in [-0.39, 0.29) is 6.61 Å². The van der Waals surface area contributed by atoms with Crippen molar-refractivity contribution in [2.45, 2.75) is 31.7 Å². The number of aliphatic hydroxyl groups excluding tert-OH is 1. The van der Waals surface area contributed by atoms with Gasteiger partial charge in [0.15, 0.2) is 0 Å². The maximum Gasteiger partial charge on any atom is 0.136 e. The highest BCUT2D eigenvalue weighted by atomic mass is 16.3. The van der Waals surface area contributed by atoms with E-state index in [1.165, 1.54) is 23.6 Å². The minimum Gasteiger partial charge on any atom is -0.396 e. The molecule has 1 N–H and O–H groups in total. The van der Waals surface area contributed by atoms with Crippen LogP contribution in [0.3, 0.4) is 0 Å². The first-order chi connectivity index (χ1) is 9.40. The van der Waals surface area contributed by atoms with Crippen LogP contribution in [0.15, 0.2) is 36.5 Å². The molecule has 1 fully saturated rings. The Bertz CT molecular complexity index is 548. The molecule has 2 heterocycles. The van der Waals surface area contributed by atoms with E-state index in [1.54, 1.807) is 0 Å². The van der Waals surface area contributed by atoms with Gasteiger partial charge in [-0.3, -0.25) is 0 Å². The van der Waals surface area contributed by atoms with Crippen molar-refractivity contribution in [3.8, 4) is 0 Å². The molecule has 3 rings (SSSR count). The van der Waals surface area contributed by atoms with Crippen molar-refractivity contribution in [2.75, 3.05) is 18.1 Å². The Balaban J connectivity index is 2.02. The van der Waals surface area contributed by atoms with Gasteiger partial charge in [-0.05, 0) is 37.1 Å². The van der Waals surface area contributed by atoms with Crippen molar-refractivity contribution < 1.29 is 5.11 Å². The minimum absolute atomic E-state index is 0.256. The lowest BCUT2D eigenvalue weighted by Gasteiger charge is -2.37. The highest BCUT2D eigenvalue weighted by Crippen LogP contribution is 2.30. The Morgan fingerprint density at radius 1 is 1.21 bits per heavy atom. The van der Waals surface area contributed by atoms with Crippen molar-refractivity contribution in [3.63, 3.8) is 0 Å². The molecule has 1 atom stereocenters. The third-order valence-electron chi connectivity index (χ3n) is 4.01. The summed E-state index contributed by atoms with van der Waals surface area (Å²) in [6.07, 6.45) is 6.36. The number of piperidine rings is 1. The summed E-state index contributed by atoms with van der Waals surface area (Å²) in [6, 6.07) is 10.9. The molecule has 1 saturated heterocycles. The Morgan fingerprint density at radius 2 is 2.11 bits per heavy atom. The van der Waals surface area contributed by atoms with E-state index >= 15 is 0 Å². The van der Waals surface area contributed by atoms with E-state index in [0.29, 0.717) is 6.04 Å². The first-order valence-corrected chi connectivity index (χ1v) is 7.11. The normalized spacial score (nSPS) is 19.8. The number of aromatic nitrogens is 1. The number of fused-ring (bicyclic) bond motifs is 1. The molecule has 3 nitrogen and oxygen atoms in total. The van der Waals surface area contributed by atoms with Crippen molar-refractivity contribution >= 4 is 16.6 Å². The van der Waals surface area contributed by atoms with Gasteiger partial charge in [0.2, 0.25) is 0 Å². The largest absolute Gasteiger partial charge is 0.396 e. The van der Waals surface area contributed by atoms with Crippen LogP contribution in [-0.4, -0.2) is 29.3 Å². The van der Waals surface area contributed by atoms with Crippen LogP contribution in [-0.2, 0) is 0 Å². The first-order valence-electron chi connectivity index (χ1n) is 7.11. The van der Waals surface area contributed by atoms with Crippen LogP contribution in [0.4, 0.5) is 5.82 Å². The second-order valence-corrected chi connectivity index (χ2v) is 5.21. The van der Waals surface area contributed by atoms with Gasteiger partial charge in [0, 0.05) is 30.8 Å². The molecule has 19 heavy (non-hydrogen) atoms. The fraction of sp³-hybridized carbons (Fsp3) is 0.438. The molecule has 0 amide bonds. The molecule has 2 aromatic rings. The van der Waals surface area contributed by atoms with Gasteiger partial charge >= 0.3 is 0 Å². The van der Waals surface area contributed by atoms with Crippen LogP contribution >= 0.6 is 0 Å². The van der Waals surface area contributed by atoms with Crippen molar-refractivity contribution in [1.29, 1.82) is 0 Å². The maximum absolute atomic E-state index is 9.25. The third kappa shape index (κ3) is 2.43. The number of rotatable bonds is 3. The van der Waals surface area contributed by atoms with Crippen LogP contribution in [0.2, 0.25) is 0 Å². The molecular weight excluding hydrogens is 236 g/mol. The molecule has 100 valence electrons. The predicted octanol–water partition coefficient (Wildman–Crippen LogP) is 2.98. The molecule has 1 aliphatic heterocycles. The highest BCUT2D eigenvalue weighted by molar-refractivity contribution is 5.92. The second-order valence-electron chi connectivity index (χ2n) is 5.21. The van der Waals surface area contributed by atoms with E-state index < -0.39 is 0 Å². The van der Waals surface area contributed by atoms with Crippen LogP contribution in [0.25, 0.3) is 10.8 Å². The molecule has 1 aliphatic rings. The van der Waals surface area contributed by atoms with Crippen molar-refractivity contribution in [3.05, 3.63) is 36.5 Å². The number of anilines is 1. The maximum atomic E-state index is 9.25. The summed E-state index contributed by atoms with van der Waals surface area (Å²) in [5.74, 6) is 1.08. The van der Waals surface area contributed by atoms with Crippen molar-refractivity contribution in [2.24, 2.45) is 0 Å². The zero-order valence-electron chi connectivity index (χ0n) is 11.1. The molecular formula is C16H20N2O. The van der Waals surface area contributed by atoms with Gasteiger partial charge in [-0.25, -0.2) is 4.98 Å². The zero-order chi connectivity index (χ0) is 13.1. The summed E-state index contributed by atoms with van der Waals surface area (Å²) >= 11 is 0. The highest BCUT2D eigenvalue weighted by Gasteiger charge is 2.24. The average molecular weight is 256 g/mol. The summed E-state index contributed by atoms with van der Waals surface area (Å²) in [5.41, 5.74) is 0. The molecule has 0 aliphatic carbocycles. The van der Waals surface area contributed by atoms with Crippen LogP contribution in [0, 0.1) is 0 Å². The van der Waals surface area contributed by atoms with Gasteiger partial charge in [0.1, 0.15) is 5.82 Å². The average Bonchev–Trinajstić information content (AvgIpc) is 2.48. The molecule has 1 aromatic carbocycles. The van der Waals surface area contributed by atoms with E-state index in [1.807, 2.05) is 6.20 Å². The van der Waals surface area contributed by atoms with Crippen LogP contribution in [0.5, 0.6) is 0 Å². The molecule has 0 saturated carbocycles. The van der Waals surface area contributed by atoms with Crippen LogP contribution < -0.4 is 4.90 Å². The SMILES string of the molecule is OCCC1CCCCN1c1nccc2ccccc12. The molecule has 0 spiro atoms. The standard InChI is InChI=1S/C16H20N2O/c19-12-9-14-6-3-4-11-18(14)16-15-7-2-1-5-13(15)8-10-17-16/h1-2,5,7-8,10,14,19H,3-4,6,9,11-12H2. The van der Waals surface area contributed by atoms with Crippen LogP contribution in [0.1, 0.15) is 25.7 Å². The first kappa shape index (κ1) is 12.4. The Morgan fingerprint density at radius 3 is 3.00 bits per heavy atom. The number of hydrogen-bond acceptors (Lipinski definition) is 3. The van der Waals surface area contributed by atoms with Gasteiger partial charge in [-0.2, -0.15) is 0 Å². The number of hydrogen-bond donors (Lipinski definition) is 1. The summed E-state index contributed by atoms with van der Waals surface area (Å²) in [5, 5.41) is 11.7. The monoisotopic (exact) mass is 256 g/mol. The van der Waals surface area contributed by atoms with E-state index in [2.05, 4.69) is 40.2 Å². The molecule has 0 radical (unpaired) electrons. The van der Waals surface area contributed by atoms with Gasteiger partial charge in [0.25, 0.3) is 0 Å². The lowest BCUT2D eigenvalue weighted by molar-refractivity contribution is 0.262. The summed E-state index contributed by atoms with van der Waals surface area (Å²) in [6.45, 7) is 1.30. The van der Waals surface area contributed by atoms with E-state index in [9.17, 15) is 5.11 Å². The zero-order valence-corrected chi connectivity index (χ0v) is 11.1. The number of nitrogens with zero attached hydrogens (tertiary/aromatic N) is 2. The van der Waals surface area contributed by atoms with Gasteiger partial charge in [0.05, 0.1) is 0 Å². The topological polar surface area (TPSA) is 36.4 Å². The molecule has 3 heteroatoms. The second kappa shape index (κ2) is 5.57. The lowest BCUT2D eigenvalue weighted by atomic mass is 9.99. The lowest BCUT2D eigenvalue weighted by Crippen LogP contribution is -2.40. The minimum atomic E-state index is 0.256. The van der Waals surface area contributed by atoms with E-state index in [4.69, 9.17) is 0 Å². The van der Waals surface area contributed by atoms with Crippen molar-refractivity contribution in [1.82, 2.24) is 4.98 Å². The number of benzene rings is 1. The third-order valence-corrected chi connectivity index (χ3v) is 4.01. The summed E-state index contributed by atoms with van der Waals surface area (Å²) in [4.78, 5) is 7.00. The van der Waals surface area contributed by atoms with Gasteiger partial charge in [-0.1, -0.05) is 24.3 Å². The predicted molar refractivity (Wildman–Crippen MR) is 78.4 cm³/mol. The fourth-order valence-corrected chi connectivity index (χ4v) is 3.06. The van der Waals surface area contributed by atoms with Gasteiger partial charge < -0.3 is 10.0 Å². The van der Waals surface area contributed by atoms with Gasteiger partial charge in [-0.15, -0.1) is 0 Å². The summed E-state index contributed by atoms with van der Waals surface area (Å²) < 4.78 is 0. The molecule has 0 bridgehead atoms. The Hall–Kier alpha value is -1.61. The Kier molecular flexibility index (Phi) is 3.65. The smallest absolute Gasteiger partial charge is 0.136 e. The Labute approximate surface area is 113 Å². The van der Waals surface area contributed by atoms with E-state index in [0.717, 1.165) is 25.2 Å². The number of aliphatic hydroxyl groups is 1. The fourth-order valence-electron chi connectivity index (χ4n) is 3.06. The quantitative estimate of drug-likeness (QED) is 0.917. The summed E-state index contributed by atoms with van der Waals surface area (Å²) in [7, 11) is 0.